The van der Waals surface area contributed by atoms with Crippen LogP contribution in [0.2, 0.25) is 0 Å². The summed E-state index contributed by atoms with van der Waals surface area (Å²) < 4.78 is 10.5. The fourth-order valence-corrected chi connectivity index (χ4v) is 2.10. The van der Waals surface area contributed by atoms with E-state index in [0.29, 0.717) is 43.4 Å². The van der Waals surface area contributed by atoms with Gasteiger partial charge >= 0.3 is 5.97 Å². The molecule has 0 spiro atoms. The maximum absolute atomic E-state index is 12.0. The van der Waals surface area contributed by atoms with Crippen LogP contribution in [0.4, 0.5) is 11.5 Å². The van der Waals surface area contributed by atoms with Gasteiger partial charge in [-0.1, -0.05) is 0 Å². The number of carbonyl (C=O) groups is 1. The first-order chi connectivity index (χ1) is 9.13. The summed E-state index contributed by atoms with van der Waals surface area (Å²) in [5.74, 6) is 0.222. The Bertz CT molecular complexity index is 464. The van der Waals surface area contributed by atoms with E-state index in [0.717, 1.165) is 0 Å². The van der Waals surface area contributed by atoms with Crippen LogP contribution < -0.4 is 10.6 Å². The Labute approximate surface area is 112 Å². The highest BCUT2D eigenvalue weighted by Gasteiger charge is 2.25. The zero-order valence-electron chi connectivity index (χ0n) is 11.3. The molecule has 6 heteroatoms. The van der Waals surface area contributed by atoms with Gasteiger partial charge in [-0.3, -0.25) is 0 Å². The van der Waals surface area contributed by atoms with E-state index in [-0.39, 0.29) is 6.04 Å². The molecule has 1 atom stereocenters. The fourth-order valence-electron chi connectivity index (χ4n) is 2.10. The van der Waals surface area contributed by atoms with Crippen molar-refractivity contribution in [2.75, 3.05) is 37.0 Å². The van der Waals surface area contributed by atoms with E-state index in [4.69, 9.17) is 15.2 Å². The Morgan fingerprint density at radius 3 is 3.16 bits per heavy atom. The lowest BCUT2D eigenvalue weighted by Gasteiger charge is -2.35. The molecule has 0 radical (unpaired) electrons. The maximum Gasteiger partial charge on any atom is 0.341 e. The maximum atomic E-state index is 12.0. The Hall–Kier alpha value is -1.82. The number of hydrogen-bond donors (Lipinski definition) is 1. The van der Waals surface area contributed by atoms with Crippen LogP contribution in [0.1, 0.15) is 24.2 Å². The summed E-state index contributed by atoms with van der Waals surface area (Å²) in [6.45, 7) is 6.07. The van der Waals surface area contributed by atoms with Crippen LogP contribution >= 0.6 is 0 Å². The third-order valence-electron chi connectivity index (χ3n) is 3.02. The Morgan fingerprint density at radius 1 is 1.68 bits per heavy atom. The predicted molar refractivity (Wildman–Crippen MR) is 72.2 cm³/mol. The number of nitrogen functional groups attached to an aromatic ring is 1. The molecule has 1 unspecified atom stereocenters. The van der Waals surface area contributed by atoms with Gasteiger partial charge in [-0.25, -0.2) is 9.78 Å². The number of aromatic nitrogens is 1. The molecule has 1 aromatic heterocycles. The highest BCUT2D eigenvalue weighted by atomic mass is 16.5. The van der Waals surface area contributed by atoms with Gasteiger partial charge in [-0.05, 0) is 19.9 Å². The average molecular weight is 265 g/mol. The van der Waals surface area contributed by atoms with Crippen molar-refractivity contribution in [2.24, 2.45) is 0 Å². The summed E-state index contributed by atoms with van der Waals surface area (Å²) in [4.78, 5) is 18.3. The monoisotopic (exact) mass is 265 g/mol. The van der Waals surface area contributed by atoms with Gasteiger partial charge in [0, 0.05) is 6.54 Å². The lowest BCUT2D eigenvalue weighted by Crippen LogP contribution is -2.44. The number of anilines is 2. The van der Waals surface area contributed by atoms with E-state index in [2.05, 4.69) is 9.88 Å². The molecule has 0 saturated carbocycles. The van der Waals surface area contributed by atoms with Crippen LogP contribution in [0.3, 0.4) is 0 Å². The SMILES string of the molecule is CCOC(=O)c1cc(N)cnc1N1CCOCC1C. The molecular formula is C13H19N3O3. The number of carbonyl (C=O) groups excluding carboxylic acids is 1. The predicted octanol–water partition coefficient (Wildman–Crippen LogP) is 1.07. The van der Waals surface area contributed by atoms with Crippen LogP contribution in [0.15, 0.2) is 12.3 Å². The molecule has 1 aliphatic rings. The molecule has 6 nitrogen and oxygen atoms in total. The zero-order chi connectivity index (χ0) is 13.8. The van der Waals surface area contributed by atoms with E-state index < -0.39 is 5.97 Å². The van der Waals surface area contributed by atoms with Gasteiger partial charge in [0.1, 0.15) is 11.4 Å². The van der Waals surface area contributed by atoms with Gasteiger partial charge in [0.2, 0.25) is 0 Å². The second-order valence-corrected chi connectivity index (χ2v) is 4.48. The van der Waals surface area contributed by atoms with E-state index in [1.54, 1.807) is 19.2 Å². The van der Waals surface area contributed by atoms with Gasteiger partial charge in [-0.15, -0.1) is 0 Å². The van der Waals surface area contributed by atoms with Crippen molar-refractivity contribution >= 4 is 17.5 Å². The molecule has 2 heterocycles. The largest absolute Gasteiger partial charge is 0.462 e. The van der Waals surface area contributed by atoms with Gasteiger partial charge in [0.25, 0.3) is 0 Å². The van der Waals surface area contributed by atoms with Gasteiger partial charge in [-0.2, -0.15) is 0 Å². The highest BCUT2D eigenvalue weighted by molar-refractivity contribution is 5.95. The molecule has 0 amide bonds. The highest BCUT2D eigenvalue weighted by Crippen LogP contribution is 2.24. The zero-order valence-corrected chi connectivity index (χ0v) is 11.3. The van der Waals surface area contributed by atoms with Crippen molar-refractivity contribution in [3.63, 3.8) is 0 Å². The first-order valence-corrected chi connectivity index (χ1v) is 6.40. The first-order valence-electron chi connectivity index (χ1n) is 6.40. The number of esters is 1. The molecular weight excluding hydrogens is 246 g/mol. The topological polar surface area (TPSA) is 77.7 Å². The van der Waals surface area contributed by atoms with Crippen molar-refractivity contribution in [3.05, 3.63) is 17.8 Å². The van der Waals surface area contributed by atoms with Crippen LogP contribution in [0, 0.1) is 0 Å². The van der Waals surface area contributed by atoms with E-state index in [1.165, 1.54) is 0 Å². The molecule has 1 saturated heterocycles. The Kier molecular flexibility index (Phi) is 4.21. The molecule has 1 aromatic rings. The number of nitrogens with two attached hydrogens (primary N) is 1. The Morgan fingerprint density at radius 2 is 2.47 bits per heavy atom. The smallest absolute Gasteiger partial charge is 0.341 e. The van der Waals surface area contributed by atoms with Gasteiger partial charge < -0.3 is 20.1 Å². The quantitative estimate of drug-likeness (QED) is 0.824. The molecule has 1 aliphatic heterocycles. The summed E-state index contributed by atoms with van der Waals surface area (Å²) in [5, 5.41) is 0. The summed E-state index contributed by atoms with van der Waals surface area (Å²) in [6.07, 6.45) is 1.56. The number of pyridine rings is 1. The summed E-state index contributed by atoms with van der Waals surface area (Å²) >= 11 is 0. The minimum absolute atomic E-state index is 0.165. The molecule has 0 aliphatic carbocycles. The van der Waals surface area contributed by atoms with Crippen LogP contribution in [-0.2, 0) is 9.47 Å². The molecule has 0 bridgehead atoms. The molecule has 2 N–H and O–H groups in total. The summed E-state index contributed by atoms with van der Waals surface area (Å²) in [7, 11) is 0. The minimum atomic E-state index is -0.393. The third-order valence-corrected chi connectivity index (χ3v) is 3.02. The van der Waals surface area contributed by atoms with Crippen molar-refractivity contribution < 1.29 is 14.3 Å². The average Bonchev–Trinajstić information content (AvgIpc) is 2.40. The lowest BCUT2D eigenvalue weighted by molar-refractivity contribution is 0.0525. The third kappa shape index (κ3) is 2.96. The second kappa shape index (κ2) is 5.88. The van der Waals surface area contributed by atoms with E-state index in [1.807, 2.05) is 6.92 Å². The van der Waals surface area contributed by atoms with Crippen molar-refractivity contribution in [3.8, 4) is 0 Å². The van der Waals surface area contributed by atoms with Crippen molar-refractivity contribution in [2.45, 2.75) is 19.9 Å². The minimum Gasteiger partial charge on any atom is -0.462 e. The van der Waals surface area contributed by atoms with Crippen molar-refractivity contribution in [1.82, 2.24) is 4.98 Å². The van der Waals surface area contributed by atoms with Crippen LogP contribution in [-0.4, -0.2) is 43.4 Å². The number of rotatable bonds is 3. The van der Waals surface area contributed by atoms with Crippen LogP contribution in [0.5, 0.6) is 0 Å². The first kappa shape index (κ1) is 13.6. The van der Waals surface area contributed by atoms with Gasteiger partial charge in [0.15, 0.2) is 0 Å². The van der Waals surface area contributed by atoms with E-state index in [9.17, 15) is 4.79 Å². The summed E-state index contributed by atoms with van der Waals surface area (Å²) in [5.41, 5.74) is 6.58. The standard InChI is InChI=1S/C13H19N3O3/c1-3-19-13(17)11-6-10(14)7-15-12(11)16-4-5-18-8-9(16)2/h6-7,9H,3-5,8,14H2,1-2H3. The fraction of sp³-hybridized carbons (Fsp3) is 0.538. The molecule has 104 valence electrons. The molecule has 0 aromatic carbocycles. The molecule has 2 rings (SSSR count). The summed E-state index contributed by atoms with van der Waals surface area (Å²) in [6, 6.07) is 1.78. The van der Waals surface area contributed by atoms with Crippen LogP contribution in [0.25, 0.3) is 0 Å². The number of morpholine rings is 1. The number of nitrogens with zero attached hydrogens (tertiary/aromatic N) is 2. The molecule has 19 heavy (non-hydrogen) atoms. The normalized spacial score (nSPS) is 19.3. The lowest BCUT2D eigenvalue weighted by atomic mass is 10.2. The number of hydrogen-bond acceptors (Lipinski definition) is 6. The Balaban J connectivity index is 2.35. The second-order valence-electron chi connectivity index (χ2n) is 4.48. The van der Waals surface area contributed by atoms with Gasteiger partial charge in [0.05, 0.1) is 37.7 Å². The van der Waals surface area contributed by atoms with E-state index >= 15 is 0 Å². The molecule has 1 fully saturated rings. The van der Waals surface area contributed by atoms with Crippen molar-refractivity contribution in [1.29, 1.82) is 0 Å². The number of ether oxygens (including phenoxy) is 2.